The van der Waals surface area contributed by atoms with Crippen LogP contribution in [0.25, 0.3) is 10.8 Å². The molecule has 0 atom stereocenters. The van der Waals surface area contributed by atoms with E-state index < -0.39 is 0 Å². The third-order valence-corrected chi connectivity index (χ3v) is 2.59. The van der Waals surface area contributed by atoms with Crippen molar-refractivity contribution in [1.29, 1.82) is 0 Å². The standard InChI is InChI=1S/C12H14N2O2/c1-15-9-5-3-8(14)12-10(16-2)6-4-7(13)11(9)12/h3-6H,13-14H2,1-2H3. The van der Waals surface area contributed by atoms with Gasteiger partial charge in [0.05, 0.1) is 25.0 Å². The van der Waals surface area contributed by atoms with Gasteiger partial charge in [-0.25, -0.2) is 0 Å². The predicted molar refractivity (Wildman–Crippen MR) is 65.9 cm³/mol. The van der Waals surface area contributed by atoms with Gasteiger partial charge in [0, 0.05) is 11.4 Å². The van der Waals surface area contributed by atoms with Crippen molar-refractivity contribution < 1.29 is 9.47 Å². The Hall–Kier alpha value is -2.10. The zero-order valence-corrected chi connectivity index (χ0v) is 9.28. The van der Waals surface area contributed by atoms with Crippen molar-refractivity contribution in [2.24, 2.45) is 0 Å². The Morgan fingerprint density at radius 3 is 1.44 bits per heavy atom. The number of anilines is 2. The molecule has 2 aromatic rings. The summed E-state index contributed by atoms with van der Waals surface area (Å²) in [5.41, 5.74) is 13.1. The van der Waals surface area contributed by atoms with Crippen LogP contribution < -0.4 is 20.9 Å². The predicted octanol–water partition coefficient (Wildman–Crippen LogP) is 2.02. The average molecular weight is 218 g/mol. The van der Waals surface area contributed by atoms with Crippen LogP contribution in [0.3, 0.4) is 0 Å². The van der Waals surface area contributed by atoms with E-state index in [1.807, 2.05) is 0 Å². The lowest BCUT2D eigenvalue weighted by atomic mass is 10.0. The van der Waals surface area contributed by atoms with Gasteiger partial charge in [-0.15, -0.1) is 0 Å². The molecule has 0 heterocycles. The van der Waals surface area contributed by atoms with Crippen molar-refractivity contribution in [1.82, 2.24) is 0 Å². The second-order valence-electron chi connectivity index (χ2n) is 3.46. The van der Waals surface area contributed by atoms with Crippen molar-refractivity contribution >= 4 is 22.1 Å². The Morgan fingerprint density at radius 1 is 0.750 bits per heavy atom. The normalized spacial score (nSPS) is 10.4. The molecule has 0 saturated heterocycles. The fourth-order valence-corrected chi connectivity index (χ4v) is 1.82. The quantitative estimate of drug-likeness (QED) is 0.756. The first-order valence-electron chi connectivity index (χ1n) is 4.87. The molecule has 4 heteroatoms. The maximum absolute atomic E-state index is 5.93. The molecule has 4 nitrogen and oxygen atoms in total. The molecule has 0 aromatic heterocycles. The number of ether oxygens (including phenoxy) is 2. The van der Waals surface area contributed by atoms with Crippen LogP contribution in [0.1, 0.15) is 0 Å². The molecule has 0 aliphatic rings. The van der Waals surface area contributed by atoms with Gasteiger partial charge in [0.2, 0.25) is 0 Å². The fraction of sp³-hybridized carbons (Fsp3) is 0.167. The summed E-state index contributed by atoms with van der Waals surface area (Å²) in [4.78, 5) is 0. The van der Waals surface area contributed by atoms with Crippen molar-refractivity contribution in [2.75, 3.05) is 25.7 Å². The first-order chi connectivity index (χ1) is 7.69. The van der Waals surface area contributed by atoms with Crippen LogP contribution in [0.5, 0.6) is 11.5 Å². The molecular weight excluding hydrogens is 204 g/mol. The highest BCUT2D eigenvalue weighted by molar-refractivity contribution is 6.07. The van der Waals surface area contributed by atoms with Gasteiger partial charge in [0.1, 0.15) is 11.5 Å². The molecule has 0 amide bonds. The van der Waals surface area contributed by atoms with Gasteiger partial charge in [-0.2, -0.15) is 0 Å². The van der Waals surface area contributed by atoms with E-state index in [1.54, 1.807) is 38.5 Å². The van der Waals surface area contributed by atoms with Crippen LogP contribution in [0.15, 0.2) is 24.3 Å². The maximum atomic E-state index is 5.93. The molecule has 0 aliphatic heterocycles. The van der Waals surface area contributed by atoms with Gasteiger partial charge in [0.25, 0.3) is 0 Å². The largest absolute Gasteiger partial charge is 0.496 e. The molecule has 0 radical (unpaired) electrons. The Labute approximate surface area is 93.7 Å². The summed E-state index contributed by atoms with van der Waals surface area (Å²) >= 11 is 0. The lowest BCUT2D eigenvalue weighted by Crippen LogP contribution is -1.97. The van der Waals surface area contributed by atoms with Crippen molar-refractivity contribution in [3.05, 3.63) is 24.3 Å². The molecule has 16 heavy (non-hydrogen) atoms. The van der Waals surface area contributed by atoms with E-state index in [0.717, 1.165) is 10.8 Å². The molecule has 0 saturated carbocycles. The van der Waals surface area contributed by atoms with E-state index in [4.69, 9.17) is 20.9 Å². The summed E-state index contributed by atoms with van der Waals surface area (Å²) in [5, 5.41) is 1.59. The Balaban J connectivity index is 2.94. The minimum atomic E-state index is 0.625. The highest BCUT2D eigenvalue weighted by Crippen LogP contribution is 2.39. The number of fused-ring (bicyclic) bond motifs is 1. The van der Waals surface area contributed by atoms with Crippen LogP contribution in [0.4, 0.5) is 11.4 Å². The lowest BCUT2D eigenvalue weighted by molar-refractivity contribution is 0.415. The van der Waals surface area contributed by atoms with E-state index in [9.17, 15) is 0 Å². The summed E-state index contributed by atoms with van der Waals surface area (Å²) in [6.07, 6.45) is 0. The summed E-state index contributed by atoms with van der Waals surface area (Å²) in [6, 6.07) is 7.16. The van der Waals surface area contributed by atoms with E-state index in [-0.39, 0.29) is 0 Å². The number of hydrogen-bond acceptors (Lipinski definition) is 4. The molecular formula is C12H14N2O2. The second kappa shape index (κ2) is 3.81. The molecule has 2 rings (SSSR count). The Kier molecular flexibility index (Phi) is 2.48. The third-order valence-electron chi connectivity index (χ3n) is 2.59. The van der Waals surface area contributed by atoms with Crippen molar-refractivity contribution in [2.45, 2.75) is 0 Å². The topological polar surface area (TPSA) is 70.5 Å². The number of nitrogens with two attached hydrogens (primary N) is 2. The monoisotopic (exact) mass is 218 g/mol. The maximum Gasteiger partial charge on any atom is 0.129 e. The molecule has 84 valence electrons. The summed E-state index contributed by atoms with van der Waals surface area (Å²) < 4.78 is 10.5. The molecule has 0 aliphatic carbocycles. The Bertz CT molecular complexity index is 489. The van der Waals surface area contributed by atoms with Gasteiger partial charge in [-0.1, -0.05) is 0 Å². The third kappa shape index (κ3) is 1.39. The van der Waals surface area contributed by atoms with Gasteiger partial charge in [0.15, 0.2) is 0 Å². The first-order valence-corrected chi connectivity index (χ1v) is 4.87. The second-order valence-corrected chi connectivity index (χ2v) is 3.46. The van der Waals surface area contributed by atoms with E-state index >= 15 is 0 Å². The van der Waals surface area contributed by atoms with Crippen molar-refractivity contribution in [3.8, 4) is 11.5 Å². The van der Waals surface area contributed by atoms with E-state index in [2.05, 4.69) is 0 Å². The number of hydrogen-bond donors (Lipinski definition) is 2. The van der Waals surface area contributed by atoms with Crippen LogP contribution in [0, 0.1) is 0 Å². The van der Waals surface area contributed by atoms with E-state index in [1.165, 1.54) is 0 Å². The van der Waals surface area contributed by atoms with Crippen LogP contribution >= 0.6 is 0 Å². The lowest BCUT2D eigenvalue weighted by Gasteiger charge is -2.13. The zero-order valence-electron chi connectivity index (χ0n) is 9.28. The molecule has 0 unspecified atom stereocenters. The van der Waals surface area contributed by atoms with Gasteiger partial charge in [-0.05, 0) is 24.3 Å². The van der Waals surface area contributed by atoms with Crippen LogP contribution in [-0.2, 0) is 0 Å². The minimum Gasteiger partial charge on any atom is -0.496 e. The fourth-order valence-electron chi connectivity index (χ4n) is 1.82. The smallest absolute Gasteiger partial charge is 0.129 e. The number of methoxy groups -OCH3 is 2. The highest BCUT2D eigenvalue weighted by Gasteiger charge is 2.12. The van der Waals surface area contributed by atoms with Gasteiger partial charge < -0.3 is 20.9 Å². The SMILES string of the molecule is COc1ccc(N)c2c(OC)ccc(N)c12. The molecule has 0 fully saturated rings. The summed E-state index contributed by atoms with van der Waals surface area (Å²) in [7, 11) is 3.20. The first kappa shape index (κ1) is 10.4. The number of rotatable bonds is 2. The van der Waals surface area contributed by atoms with E-state index in [0.29, 0.717) is 22.9 Å². The van der Waals surface area contributed by atoms with Crippen LogP contribution in [0.2, 0.25) is 0 Å². The van der Waals surface area contributed by atoms with Crippen molar-refractivity contribution in [3.63, 3.8) is 0 Å². The molecule has 4 N–H and O–H groups in total. The average Bonchev–Trinajstić information content (AvgIpc) is 2.31. The zero-order chi connectivity index (χ0) is 11.7. The van der Waals surface area contributed by atoms with Crippen LogP contribution in [-0.4, -0.2) is 14.2 Å². The number of nitrogen functional groups attached to an aromatic ring is 2. The summed E-state index contributed by atoms with van der Waals surface area (Å²) in [5.74, 6) is 1.39. The van der Waals surface area contributed by atoms with Gasteiger partial charge >= 0.3 is 0 Å². The summed E-state index contributed by atoms with van der Waals surface area (Å²) in [6.45, 7) is 0. The number of benzene rings is 2. The Morgan fingerprint density at radius 2 is 1.12 bits per heavy atom. The molecule has 2 aromatic carbocycles. The van der Waals surface area contributed by atoms with Gasteiger partial charge in [-0.3, -0.25) is 0 Å². The molecule has 0 bridgehead atoms. The minimum absolute atomic E-state index is 0.625. The molecule has 0 spiro atoms. The highest BCUT2D eigenvalue weighted by atomic mass is 16.5.